The van der Waals surface area contributed by atoms with Crippen LogP contribution in [0.15, 0.2) is 23.2 Å². The average Bonchev–Trinajstić information content (AvgIpc) is 2.25. The van der Waals surface area contributed by atoms with Crippen molar-refractivity contribution in [2.24, 2.45) is 10.7 Å². The standard InChI is InChI=1S/C12H17F2N3O.HI/c1-8(2)17-12(15)16-5-6-18-11-4-3-9(13)7-10(11)14;/h3-4,7-8H,5-6H2,1-2H3,(H3,15,16,17);1H. The van der Waals surface area contributed by atoms with E-state index in [9.17, 15) is 8.78 Å². The third-order valence-electron chi connectivity index (χ3n) is 1.96. The Balaban J connectivity index is 0.00000324. The Kier molecular flexibility index (Phi) is 8.37. The van der Waals surface area contributed by atoms with Gasteiger partial charge in [-0.25, -0.2) is 13.8 Å². The predicted molar refractivity (Wildman–Crippen MR) is 82.0 cm³/mol. The molecule has 0 radical (unpaired) electrons. The second kappa shape index (κ2) is 8.89. The Morgan fingerprint density at radius 3 is 2.68 bits per heavy atom. The van der Waals surface area contributed by atoms with Gasteiger partial charge in [-0.15, -0.1) is 24.0 Å². The van der Waals surface area contributed by atoms with E-state index in [-0.39, 0.29) is 42.4 Å². The van der Waals surface area contributed by atoms with Gasteiger partial charge in [-0.2, -0.15) is 0 Å². The number of ether oxygens (including phenoxy) is 1. The first-order valence-corrected chi connectivity index (χ1v) is 5.63. The van der Waals surface area contributed by atoms with Crippen LogP contribution in [-0.2, 0) is 0 Å². The molecule has 0 amide bonds. The van der Waals surface area contributed by atoms with Gasteiger partial charge in [-0.05, 0) is 26.0 Å². The number of hydrogen-bond acceptors (Lipinski definition) is 2. The fourth-order valence-corrected chi connectivity index (χ4v) is 1.26. The van der Waals surface area contributed by atoms with Crippen LogP contribution in [0.4, 0.5) is 8.78 Å². The summed E-state index contributed by atoms with van der Waals surface area (Å²) >= 11 is 0. The number of benzene rings is 1. The zero-order valence-electron chi connectivity index (χ0n) is 10.8. The minimum Gasteiger partial charge on any atom is -0.489 e. The van der Waals surface area contributed by atoms with E-state index in [1.54, 1.807) is 0 Å². The third kappa shape index (κ3) is 7.14. The summed E-state index contributed by atoms with van der Waals surface area (Å²) in [6, 6.07) is 3.34. The lowest BCUT2D eigenvalue weighted by atomic mass is 10.3. The average molecular weight is 385 g/mol. The maximum Gasteiger partial charge on any atom is 0.188 e. The number of hydrogen-bond donors (Lipinski definition) is 2. The molecule has 0 fully saturated rings. The second-order valence-electron chi connectivity index (χ2n) is 3.99. The molecule has 0 heterocycles. The highest BCUT2D eigenvalue weighted by molar-refractivity contribution is 14.0. The van der Waals surface area contributed by atoms with Crippen LogP contribution >= 0.6 is 24.0 Å². The lowest BCUT2D eigenvalue weighted by Gasteiger charge is -2.09. The zero-order valence-corrected chi connectivity index (χ0v) is 13.2. The van der Waals surface area contributed by atoms with Crippen LogP contribution in [0.1, 0.15) is 13.8 Å². The third-order valence-corrected chi connectivity index (χ3v) is 1.96. The van der Waals surface area contributed by atoms with E-state index >= 15 is 0 Å². The lowest BCUT2D eigenvalue weighted by Crippen LogP contribution is -2.37. The molecular weight excluding hydrogens is 367 g/mol. The van der Waals surface area contributed by atoms with Gasteiger partial charge < -0.3 is 15.8 Å². The van der Waals surface area contributed by atoms with Gasteiger partial charge in [0.25, 0.3) is 0 Å². The fraction of sp³-hybridized carbons (Fsp3) is 0.417. The molecule has 1 aromatic rings. The molecule has 1 rings (SSSR count). The summed E-state index contributed by atoms with van der Waals surface area (Å²) in [6.45, 7) is 4.34. The lowest BCUT2D eigenvalue weighted by molar-refractivity contribution is 0.310. The molecule has 0 spiro atoms. The van der Waals surface area contributed by atoms with Crippen molar-refractivity contribution >= 4 is 29.9 Å². The first-order valence-electron chi connectivity index (χ1n) is 5.63. The number of guanidine groups is 1. The molecule has 0 aliphatic carbocycles. The highest BCUT2D eigenvalue weighted by atomic mass is 127. The van der Waals surface area contributed by atoms with Crippen molar-refractivity contribution in [3.8, 4) is 5.75 Å². The topological polar surface area (TPSA) is 59.6 Å². The van der Waals surface area contributed by atoms with Crippen molar-refractivity contribution in [1.82, 2.24) is 5.32 Å². The molecule has 108 valence electrons. The van der Waals surface area contributed by atoms with Gasteiger partial charge in [0.1, 0.15) is 12.4 Å². The second-order valence-corrected chi connectivity index (χ2v) is 3.99. The van der Waals surface area contributed by atoms with Gasteiger partial charge in [0, 0.05) is 12.1 Å². The number of nitrogens with zero attached hydrogens (tertiary/aromatic N) is 1. The minimum absolute atomic E-state index is 0. The van der Waals surface area contributed by atoms with Crippen molar-refractivity contribution < 1.29 is 13.5 Å². The predicted octanol–water partition coefficient (Wildman–Crippen LogP) is 2.27. The molecule has 0 saturated carbocycles. The quantitative estimate of drug-likeness (QED) is 0.354. The summed E-state index contributed by atoms with van der Waals surface area (Å²) in [4.78, 5) is 3.99. The van der Waals surface area contributed by atoms with E-state index in [2.05, 4.69) is 10.3 Å². The highest BCUT2D eigenvalue weighted by Crippen LogP contribution is 2.17. The fourth-order valence-electron chi connectivity index (χ4n) is 1.26. The van der Waals surface area contributed by atoms with Crippen LogP contribution in [-0.4, -0.2) is 25.2 Å². The number of aliphatic imine (C=N–C) groups is 1. The summed E-state index contributed by atoms with van der Waals surface area (Å²) in [5, 5.41) is 2.91. The van der Waals surface area contributed by atoms with Gasteiger partial charge in [0.15, 0.2) is 17.5 Å². The number of nitrogens with one attached hydrogen (secondary N) is 1. The molecule has 0 unspecified atom stereocenters. The monoisotopic (exact) mass is 385 g/mol. The minimum atomic E-state index is -0.729. The maximum atomic E-state index is 13.2. The van der Waals surface area contributed by atoms with E-state index < -0.39 is 11.6 Å². The van der Waals surface area contributed by atoms with Crippen molar-refractivity contribution in [2.75, 3.05) is 13.2 Å². The molecule has 0 aliphatic rings. The number of halogens is 3. The molecule has 0 aromatic heterocycles. The Morgan fingerprint density at radius 2 is 2.11 bits per heavy atom. The summed E-state index contributed by atoms with van der Waals surface area (Å²) < 4.78 is 30.9. The van der Waals surface area contributed by atoms with E-state index in [0.29, 0.717) is 12.5 Å². The first-order chi connectivity index (χ1) is 8.49. The van der Waals surface area contributed by atoms with Crippen LogP contribution in [0.3, 0.4) is 0 Å². The van der Waals surface area contributed by atoms with E-state index in [0.717, 1.165) is 12.1 Å². The molecule has 3 N–H and O–H groups in total. The van der Waals surface area contributed by atoms with Crippen molar-refractivity contribution in [3.63, 3.8) is 0 Å². The first kappa shape index (κ1) is 17.9. The summed E-state index contributed by atoms with van der Waals surface area (Å²) in [6.07, 6.45) is 0. The van der Waals surface area contributed by atoms with Crippen LogP contribution in [0.5, 0.6) is 5.75 Å². The van der Waals surface area contributed by atoms with Crippen LogP contribution in [0, 0.1) is 11.6 Å². The maximum absolute atomic E-state index is 13.2. The Hall–Kier alpha value is -1.12. The molecule has 0 bridgehead atoms. The van der Waals surface area contributed by atoms with Gasteiger partial charge in [0.2, 0.25) is 0 Å². The van der Waals surface area contributed by atoms with Gasteiger partial charge in [-0.1, -0.05) is 0 Å². The molecular formula is C12H18F2IN3O. The van der Waals surface area contributed by atoms with Crippen molar-refractivity contribution in [3.05, 3.63) is 29.8 Å². The van der Waals surface area contributed by atoms with E-state index in [4.69, 9.17) is 10.5 Å². The van der Waals surface area contributed by atoms with E-state index in [1.807, 2.05) is 13.8 Å². The van der Waals surface area contributed by atoms with Crippen molar-refractivity contribution in [2.45, 2.75) is 19.9 Å². The summed E-state index contributed by atoms with van der Waals surface area (Å²) in [5.41, 5.74) is 5.56. The smallest absolute Gasteiger partial charge is 0.188 e. The molecule has 0 atom stereocenters. The molecule has 1 aromatic carbocycles. The van der Waals surface area contributed by atoms with Gasteiger partial charge in [0.05, 0.1) is 6.54 Å². The highest BCUT2D eigenvalue weighted by Gasteiger charge is 2.04. The number of rotatable bonds is 5. The SMILES string of the molecule is CC(C)NC(N)=NCCOc1ccc(F)cc1F.I. The van der Waals surface area contributed by atoms with Crippen LogP contribution in [0.25, 0.3) is 0 Å². The number of nitrogens with two attached hydrogens (primary N) is 1. The van der Waals surface area contributed by atoms with Gasteiger partial charge in [-0.3, -0.25) is 0 Å². The van der Waals surface area contributed by atoms with Gasteiger partial charge >= 0.3 is 0 Å². The summed E-state index contributed by atoms with van der Waals surface area (Å²) in [5.74, 6) is -1.05. The van der Waals surface area contributed by atoms with Crippen molar-refractivity contribution in [1.29, 1.82) is 0 Å². The Bertz CT molecular complexity index is 427. The largest absolute Gasteiger partial charge is 0.489 e. The molecule has 19 heavy (non-hydrogen) atoms. The normalized spacial score (nSPS) is 11.1. The van der Waals surface area contributed by atoms with Crippen LogP contribution < -0.4 is 15.8 Å². The van der Waals surface area contributed by atoms with E-state index in [1.165, 1.54) is 6.07 Å². The molecule has 0 saturated heterocycles. The molecule has 7 heteroatoms. The van der Waals surface area contributed by atoms with Crippen LogP contribution in [0.2, 0.25) is 0 Å². The molecule has 4 nitrogen and oxygen atoms in total. The zero-order chi connectivity index (χ0) is 13.5. The Labute approximate surface area is 128 Å². The molecule has 0 aliphatic heterocycles. The Morgan fingerprint density at radius 1 is 1.42 bits per heavy atom. The summed E-state index contributed by atoms with van der Waals surface area (Å²) in [7, 11) is 0.